The first-order chi connectivity index (χ1) is 8.40. The van der Waals surface area contributed by atoms with E-state index >= 15 is 0 Å². The van der Waals surface area contributed by atoms with Gasteiger partial charge in [-0.2, -0.15) is 0 Å². The Bertz CT molecular complexity index is 330. The first kappa shape index (κ1) is 12.2. The fourth-order valence-electron chi connectivity index (χ4n) is 2.41. The molecule has 0 aromatic carbocycles. The molecule has 0 unspecified atom stereocenters. The zero-order chi connectivity index (χ0) is 11.9. The fourth-order valence-corrected chi connectivity index (χ4v) is 2.41. The van der Waals surface area contributed by atoms with Gasteiger partial charge in [0, 0.05) is 19.6 Å². The Hall–Kier alpha value is -1.25. The van der Waals surface area contributed by atoms with Gasteiger partial charge in [0.05, 0.1) is 23.8 Å². The van der Waals surface area contributed by atoms with Gasteiger partial charge in [0.25, 0.3) is 0 Å². The summed E-state index contributed by atoms with van der Waals surface area (Å²) >= 11 is 0. The van der Waals surface area contributed by atoms with E-state index < -0.39 is 0 Å². The molecule has 17 heavy (non-hydrogen) atoms. The van der Waals surface area contributed by atoms with Crippen molar-refractivity contribution in [3.63, 3.8) is 0 Å². The first-order valence-corrected chi connectivity index (χ1v) is 6.84. The van der Waals surface area contributed by atoms with Crippen LogP contribution in [0.25, 0.3) is 0 Å². The van der Waals surface area contributed by atoms with Crippen LogP contribution in [0, 0.1) is 0 Å². The van der Waals surface area contributed by atoms with Gasteiger partial charge in [0.1, 0.15) is 0 Å². The molecule has 94 valence electrons. The van der Waals surface area contributed by atoms with Crippen molar-refractivity contribution in [2.45, 2.75) is 39.0 Å². The maximum atomic E-state index is 4.33. The van der Waals surface area contributed by atoms with Crippen LogP contribution in [-0.4, -0.2) is 24.6 Å². The van der Waals surface area contributed by atoms with Crippen LogP contribution in [-0.2, 0) is 0 Å². The standard InChI is InChI=1S/C14H23N3/c1-2-16-13-10-14(12-15-11-13)17-8-6-4-3-5-7-9-17/h10-12,16H,2-9H2,1H3. The highest BCUT2D eigenvalue weighted by Crippen LogP contribution is 2.21. The van der Waals surface area contributed by atoms with E-state index in [-0.39, 0.29) is 0 Å². The molecule has 1 aliphatic heterocycles. The van der Waals surface area contributed by atoms with Crippen molar-refractivity contribution in [1.82, 2.24) is 4.98 Å². The molecule has 1 saturated heterocycles. The SMILES string of the molecule is CCNc1cncc(N2CCCCCCC2)c1. The smallest absolute Gasteiger partial charge is 0.0573 e. The van der Waals surface area contributed by atoms with Crippen molar-refractivity contribution >= 4 is 11.4 Å². The van der Waals surface area contributed by atoms with Gasteiger partial charge in [-0.05, 0) is 25.8 Å². The highest BCUT2D eigenvalue weighted by atomic mass is 15.1. The lowest BCUT2D eigenvalue weighted by atomic mass is 10.1. The third kappa shape index (κ3) is 3.62. The van der Waals surface area contributed by atoms with Crippen LogP contribution in [0.5, 0.6) is 0 Å². The number of hydrogen-bond donors (Lipinski definition) is 1. The average Bonchev–Trinajstić information content (AvgIpc) is 2.29. The van der Waals surface area contributed by atoms with Gasteiger partial charge in [-0.15, -0.1) is 0 Å². The van der Waals surface area contributed by atoms with Crippen LogP contribution >= 0.6 is 0 Å². The summed E-state index contributed by atoms with van der Waals surface area (Å²) in [6.07, 6.45) is 10.7. The van der Waals surface area contributed by atoms with Gasteiger partial charge >= 0.3 is 0 Å². The largest absolute Gasteiger partial charge is 0.384 e. The molecule has 1 N–H and O–H groups in total. The summed E-state index contributed by atoms with van der Waals surface area (Å²) in [5.41, 5.74) is 2.40. The number of hydrogen-bond acceptors (Lipinski definition) is 3. The second-order valence-electron chi connectivity index (χ2n) is 4.72. The van der Waals surface area contributed by atoms with Crippen LogP contribution in [0.15, 0.2) is 18.5 Å². The summed E-state index contributed by atoms with van der Waals surface area (Å²) in [6.45, 7) is 5.42. The van der Waals surface area contributed by atoms with Crippen molar-refractivity contribution in [2.24, 2.45) is 0 Å². The molecule has 1 aromatic rings. The van der Waals surface area contributed by atoms with Crippen molar-refractivity contribution in [2.75, 3.05) is 29.9 Å². The van der Waals surface area contributed by atoms with Crippen LogP contribution in [0.1, 0.15) is 39.0 Å². The molecule has 2 rings (SSSR count). The number of nitrogens with one attached hydrogen (secondary N) is 1. The van der Waals surface area contributed by atoms with E-state index in [1.54, 1.807) is 0 Å². The van der Waals surface area contributed by atoms with Crippen LogP contribution in [0.2, 0.25) is 0 Å². The Labute approximate surface area is 104 Å². The molecule has 0 saturated carbocycles. The predicted octanol–water partition coefficient (Wildman–Crippen LogP) is 3.28. The Morgan fingerprint density at radius 1 is 1.12 bits per heavy atom. The summed E-state index contributed by atoms with van der Waals surface area (Å²) < 4.78 is 0. The monoisotopic (exact) mass is 233 g/mol. The Morgan fingerprint density at radius 2 is 1.82 bits per heavy atom. The molecular formula is C14H23N3. The third-order valence-corrected chi connectivity index (χ3v) is 3.33. The minimum atomic E-state index is 0.950. The van der Waals surface area contributed by atoms with Gasteiger partial charge in [0.2, 0.25) is 0 Å². The molecule has 0 radical (unpaired) electrons. The van der Waals surface area contributed by atoms with E-state index in [1.165, 1.54) is 50.9 Å². The summed E-state index contributed by atoms with van der Waals surface area (Å²) in [5.74, 6) is 0. The molecule has 0 bridgehead atoms. The quantitative estimate of drug-likeness (QED) is 0.868. The van der Waals surface area contributed by atoms with Gasteiger partial charge in [-0.1, -0.05) is 19.3 Å². The molecule has 0 amide bonds. The maximum Gasteiger partial charge on any atom is 0.0573 e. The molecule has 0 aliphatic carbocycles. The number of rotatable bonds is 3. The second-order valence-corrected chi connectivity index (χ2v) is 4.72. The Balaban J connectivity index is 2.05. The number of anilines is 2. The lowest BCUT2D eigenvalue weighted by molar-refractivity contribution is 0.556. The van der Waals surface area contributed by atoms with Crippen molar-refractivity contribution in [3.8, 4) is 0 Å². The van der Waals surface area contributed by atoms with Crippen LogP contribution in [0.3, 0.4) is 0 Å². The minimum Gasteiger partial charge on any atom is -0.384 e. The molecular weight excluding hydrogens is 210 g/mol. The average molecular weight is 233 g/mol. The predicted molar refractivity (Wildman–Crippen MR) is 73.7 cm³/mol. The van der Waals surface area contributed by atoms with Gasteiger partial charge < -0.3 is 10.2 Å². The molecule has 1 fully saturated rings. The van der Waals surface area contributed by atoms with Gasteiger partial charge in [-0.25, -0.2) is 0 Å². The lowest BCUT2D eigenvalue weighted by Gasteiger charge is -2.26. The maximum absolute atomic E-state index is 4.33. The molecule has 0 atom stereocenters. The van der Waals surface area contributed by atoms with Crippen molar-refractivity contribution in [1.29, 1.82) is 0 Å². The fraction of sp³-hybridized carbons (Fsp3) is 0.643. The zero-order valence-electron chi connectivity index (χ0n) is 10.8. The highest BCUT2D eigenvalue weighted by Gasteiger charge is 2.09. The molecule has 1 aromatic heterocycles. The molecule has 0 spiro atoms. The Kier molecular flexibility index (Phi) is 4.65. The molecule has 1 aliphatic rings. The first-order valence-electron chi connectivity index (χ1n) is 6.84. The third-order valence-electron chi connectivity index (χ3n) is 3.33. The zero-order valence-corrected chi connectivity index (χ0v) is 10.8. The normalized spacial score (nSPS) is 17.4. The van der Waals surface area contributed by atoms with Gasteiger partial charge in [0.15, 0.2) is 0 Å². The van der Waals surface area contributed by atoms with E-state index in [4.69, 9.17) is 0 Å². The van der Waals surface area contributed by atoms with E-state index in [9.17, 15) is 0 Å². The minimum absolute atomic E-state index is 0.950. The lowest BCUT2D eigenvalue weighted by Crippen LogP contribution is -2.27. The summed E-state index contributed by atoms with van der Waals surface area (Å²) in [7, 11) is 0. The van der Waals surface area contributed by atoms with E-state index in [1.807, 2.05) is 12.4 Å². The Morgan fingerprint density at radius 3 is 2.53 bits per heavy atom. The highest BCUT2D eigenvalue weighted by molar-refractivity contribution is 5.55. The van der Waals surface area contributed by atoms with Crippen LogP contribution < -0.4 is 10.2 Å². The number of pyridine rings is 1. The summed E-state index contributed by atoms with van der Waals surface area (Å²) in [6, 6.07) is 2.22. The number of nitrogens with zero attached hydrogens (tertiary/aromatic N) is 2. The van der Waals surface area contributed by atoms with E-state index in [2.05, 4.69) is 28.2 Å². The number of aromatic nitrogens is 1. The van der Waals surface area contributed by atoms with E-state index in [0.29, 0.717) is 0 Å². The molecule has 3 heteroatoms. The van der Waals surface area contributed by atoms with E-state index in [0.717, 1.165) is 12.2 Å². The topological polar surface area (TPSA) is 28.2 Å². The summed E-state index contributed by atoms with van der Waals surface area (Å²) in [4.78, 5) is 6.81. The van der Waals surface area contributed by atoms with Gasteiger partial charge in [-0.3, -0.25) is 4.98 Å². The molecule has 2 heterocycles. The van der Waals surface area contributed by atoms with Crippen molar-refractivity contribution < 1.29 is 0 Å². The second kappa shape index (κ2) is 6.48. The summed E-state index contributed by atoms with van der Waals surface area (Å²) in [5, 5.41) is 3.33. The van der Waals surface area contributed by atoms with Crippen molar-refractivity contribution in [3.05, 3.63) is 18.5 Å². The van der Waals surface area contributed by atoms with Crippen LogP contribution in [0.4, 0.5) is 11.4 Å². The molecule has 3 nitrogen and oxygen atoms in total.